The van der Waals surface area contributed by atoms with Crippen LogP contribution in [0.5, 0.6) is 0 Å². The number of hydrogen-bond acceptors (Lipinski definition) is 5. The minimum Gasteiger partial charge on any atom is -0.497 e. The number of nitrogens with one attached hydrogen (secondary N) is 1. The molecule has 1 aliphatic carbocycles. The number of carbonyl (C=O) groups excluding carboxylic acids is 2. The van der Waals surface area contributed by atoms with E-state index in [2.05, 4.69) is 5.32 Å². The molecule has 0 spiro atoms. The molecule has 148 valence electrons. The molecule has 3 aliphatic rings. The zero-order valence-electron chi connectivity index (χ0n) is 16.6. The van der Waals surface area contributed by atoms with E-state index in [0.717, 1.165) is 49.9 Å². The fourth-order valence-corrected chi connectivity index (χ4v) is 4.36. The Balaban J connectivity index is 1.80. The Morgan fingerprint density at radius 2 is 2.11 bits per heavy atom. The highest BCUT2D eigenvalue weighted by Crippen LogP contribution is 2.40. The number of esters is 1. The predicted molar refractivity (Wildman–Crippen MR) is 104 cm³/mol. The summed E-state index contributed by atoms with van der Waals surface area (Å²) < 4.78 is 11.6. The molecule has 3 rings (SSSR count). The van der Waals surface area contributed by atoms with Gasteiger partial charge in [0.25, 0.3) is 0 Å². The molecule has 2 fully saturated rings. The van der Waals surface area contributed by atoms with Crippen molar-refractivity contribution in [3.8, 4) is 0 Å². The van der Waals surface area contributed by atoms with Gasteiger partial charge in [-0.25, -0.2) is 4.79 Å². The van der Waals surface area contributed by atoms with Crippen molar-refractivity contribution in [3.63, 3.8) is 0 Å². The van der Waals surface area contributed by atoms with E-state index in [0.29, 0.717) is 5.92 Å². The van der Waals surface area contributed by atoms with Crippen LogP contribution >= 0.6 is 0 Å². The number of rotatable bonds is 5. The molecule has 27 heavy (non-hydrogen) atoms. The molecular formula is C22H31NO4. The summed E-state index contributed by atoms with van der Waals surface area (Å²) in [5.41, 5.74) is 2.05. The number of piperidine rings is 1. The molecule has 0 amide bonds. The molecule has 1 saturated heterocycles. The molecular weight excluding hydrogens is 342 g/mol. The van der Waals surface area contributed by atoms with E-state index >= 15 is 0 Å². The molecule has 0 bridgehead atoms. The van der Waals surface area contributed by atoms with Crippen LogP contribution in [0.25, 0.3) is 0 Å². The van der Waals surface area contributed by atoms with Gasteiger partial charge in [-0.05, 0) is 70.6 Å². The average molecular weight is 373 g/mol. The Hall–Kier alpha value is -1.88. The molecule has 1 N–H and O–H groups in total. The summed E-state index contributed by atoms with van der Waals surface area (Å²) in [6.07, 6.45) is 10.2. The van der Waals surface area contributed by atoms with Gasteiger partial charge in [0, 0.05) is 18.5 Å². The van der Waals surface area contributed by atoms with Crippen LogP contribution in [0.2, 0.25) is 0 Å². The number of allylic oxidation sites excluding steroid dienone is 2. The Bertz CT molecular complexity index is 653. The number of ketones is 1. The topological polar surface area (TPSA) is 64.6 Å². The lowest BCUT2D eigenvalue weighted by Crippen LogP contribution is -2.50. The average Bonchev–Trinajstić information content (AvgIpc) is 2.64. The van der Waals surface area contributed by atoms with Gasteiger partial charge < -0.3 is 14.8 Å². The van der Waals surface area contributed by atoms with Gasteiger partial charge in [0.2, 0.25) is 0 Å². The largest absolute Gasteiger partial charge is 0.497 e. The first-order valence-electron chi connectivity index (χ1n) is 10.1. The van der Waals surface area contributed by atoms with Crippen molar-refractivity contribution in [2.75, 3.05) is 13.1 Å². The molecule has 2 aliphatic heterocycles. The first-order chi connectivity index (χ1) is 13.0. The lowest BCUT2D eigenvalue weighted by molar-refractivity contribution is -0.161. The molecule has 0 radical (unpaired) electrons. The Kier molecular flexibility index (Phi) is 6.53. The summed E-state index contributed by atoms with van der Waals surface area (Å²) in [6, 6.07) is 0. The van der Waals surface area contributed by atoms with Gasteiger partial charge in [0.1, 0.15) is 12.2 Å². The van der Waals surface area contributed by atoms with E-state index in [1.165, 1.54) is 0 Å². The summed E-state index contributed by atoms with van der Waals surface area (Å²) in [4.78, 5) is 25.1. The molecule has 1 saturated carbocycles. The highest BCUT2D eigenvalue weighted by Gasteiger charge is 2.47. The lowest BCUT2D eigenvalue weighted by atomic mass is 9.71. The van der Waals surface area contributed by atoms with Crippen LogP contribution in [0.3, 0.4) is 0 Å². The first kappa shape index (κ1) is 19.9. The summed E-state index contributed by atoms with van der Waals surface area (Å²) in [5, 5.41) is 3.36. The van der Waals surface area contributed by atoms with Gasteiger partial charge in [-0.3, -0.25) is 4.79 Å². The summed E-state index contributed by atoms with van der Waals surface area (Å²) in [5.74, 6) is -0.317. The summed E-state index contributed by atoms with van der Waals surface area (Å²) in [6.45, 7) is 7.85. The third kappa shape index (κ3) is 4.89. The van der Waals surface area contributed by atoms with Crippen LogP contribution in [-0.2, 0) is 19.1 Å². The number of ether oxygens (including phenoxy) is 2. The second-order valence-electron chi connectivity index (χ2n) is 8.24. The number of carbonyl (C=O) groups is 2. The SMILES string of the molecule is CC(C)=COC1CCC2C(C)=CC(=O)OC2C1C(=O)C=CC1CCCNC1. The molecule has 2 heterocycles. The van der Waals surface area contributed by atoms with Crippen LogP contribution in [-0.4, -0.2) is 37.0 Å². The van der Waals surface area contributed by atoms with Gasteiger partial charge in [-0.2, -0.15) is 0 Å². The van der Waals surface area contributed by atoms with Crippen molar-refractivity contribution >= 4 is 11.8 Å². The Morgan fingerprint density at radius 3 is 2.81 bits per heavy atom. The second-order valence-corrected chi connectivity index (χ2v) is 8.24. The number of hydrogen-bond donors (Lipinski definition) is 1. The van der Waals surface area contributed by atoms with Gasteiger partial charge in [0.05, 0.1) is 12.2 Å². The monoisotopic (exact) mass is 373 g/mol. The fourth-order valence-electron chi connectivity index (χ4n) is 4.36. The maximum absolute atomic E-state index is 13.1. The van der Waals surface area contributed by atoms with E-state index < -0.39 is 12.0 Å². The molecule has 5 nitrogen and oxygen atoms in total. The van der Waals surface area contributed by atoms with Crippen molar-refractivity contribution in [1.82, 2.24) is 5.32 Å². The molecule has 5 unspecified atom stereocenters. The van der Waals surface area contributed by atoms with Crippen LogP contribution in [0, 0.1) is 17.8 Å². The van der Waals surface area contributed by atoms with Crippen molar-refractivity contribution in [2.24, 2.45) is 17.8 Å². The van der Waals surface area contributed by atoms with Crippen LogP contribution in [0.4, 0.5) is 0 Å². The third-order valence-corrected chi connectivity index (χ3v) is 5.77. The van der Waals surface area contributed by atoms with Crippen molar-refractivity contribution in [2.45, 2.75) is 58.7 Å². The fraction of sp³-hybridized carbons (Fsp3) is 0.636. The van der Waals surface area contributed by atoms with Crippen molar-refractivity contribution in [1.29, 1.82) is 0 Å². The Morgan fingerprint density at radius 1 is 1.30 bits per heavy atom. The normalized spacial score (nSPS) is 33.7. The van der Waals surface area contributed by atoms with E-state index in [4.69, 9.17) is 9.47 Å². The molecule has 0 aromatic carbocycles. The Labute approximate surface area is 161 Å². The second kappa shape index (κ2) is 8.87. The maximum atomic E-state index is 13.1. The highest BCUT2D eigenvalue weighted by molar-refractivity contribution is 5.93. The zero-order valence-corrected chi connectivity index (χ0v) is 16.6. The van der Waals surface area contributed by atoms with Gasteiger partial charge in [-0.15, -0.1) is 0 Å². The molecule has 5 atom stereocenters. The summed E-state index contributed by atoms with van der Waals surface area (Å²) >= 11 is 0. The highest BCUT2D eigenvalue weighted by atomic mass is 16.5. The molecule has 0 aromatic heterocycles. The van der Waals surface area contributed by atoms with Crippen LogP contribution in [0.15, 0.2) is 35.6 Å². The van der Waals surface area contributed by atoms with Gasteiger partial charge >= 0.3 is 5.97 Å². The quantitative estimate of drug-likeness (QED) is 0.455. The maximum Gasteiger partial charge on any atom is 0.331 e. The van der Waals surface area contributed by atoms with Crippen LogP contribution < -0.4 is 5.32 Å². The standard InChI is InChI=1S/C22H31NO4/c1-14(2)13-26-19-9-7-17-15(3)11-20(25)27-22(17)21(19)18(24)8-6-16-5-4-10-23-12-16/h6,8,11,13,16-17,19,21-23H,4-5,7,9-10,12H2,1-3H3. The zero-order chi connectivity index (χ0) is 19.4. The number of fused-ring (bicyclic) bond motifs is 1. The predicted octanol–water partition coefficient (Wildman–Crippen LogP) is 3.32. The van der Waals surface area contributed by atoms with Gasteiger partial charge in [0.15, 0.2) is 5.78 Å². The molecule has 0 aromatic rings. The van der Waals surface area contributed by atoms with Crippen molar-refractivity contribution in [3.05, 3.63) is 35.6 Å². The smallest absolute Gasteiger partial charge is 0.331 e. The third-order valence-electron chi connectivity index (χ3n) is 5.77. The lowest BCUT2D eigenvalue weighted by Gasteiger charge is -2.42. The van der Waals surface area contributed by atoms with Crippen LogP contribution in [0.1, 0.15) is 46.5 Å². The van der Waals surface area contributed by atoms with E-state index in [1.54, 1.807) is 18.4 Å². The molecule has 5 heteroatoms. The first-order valence-corrected chi connectivity index (χ1v) is 10.1. The van der Waals surface area contributed by atoms with E-state index in [9.17, 15) is 9.59 Å². The van der Waals surface area contributed by atoms with E-state index in [1.807, 2.05) is 26.8 Å². The van der Waals surface area contributed by atoms with Crippen molar-refractivity contribution < 1.29 is 19.1 Å². The summed E-state index contributed by atoms with van der Waals surface area (Å²) in [7, 11) is 0. The van der Waals surface area contributed by atoms with E-state index in [-0.39, 0.29) is 23.8 Å². The van der Waals surface area contributed by atoms with Gasteiger partial charge in [-0.1, -0.05) is 11.6 Å². The minimum atomic E-state index is -0.459. The minimum absolute atomic E-state index is 0.00456.